The summed E-state index contributed by atoms with van der Waals surface area (Å²) in [5.41, 5.74) is 3.23. The van der Waals surface area contributed by atoms with Gasteiger partial charge in [0.2, 0.25) is 0 Å². The van der Waals surface area contributed by atoms with Crippen LogP contribution in [0.3, 0.4) is 0 Å². The summed E-state index contributed by atoms with van der Waals surface area (Å²) in [4.78, 5) is 0. The van der Waals surface area contributed by atoms with Crippen LogP contribution in [0.1, 0.15) is 25.0 Å². The van der Waals surface area contributed by atoms with Crippen molar-refractivity contribution in [3.63, 3.8) is 0 Å². The van der Waals surface area contributed by atoms with E-state index in [4.69, 9.17) is 4.55 Å². The van der Waals surface area contributed by atoms with Gasteiger partial charge in [0.05, 0.1) is 11.9 Å². The van der Waals surface area contributed by atoms with Crippen LogP contribution in [0.15, 0.2) is 64.8 Å². The van der Waals surface area contributed by atoms with Gasteiger partial charge in [0.1, 0.15) is 5.69 Å². The molecule has 3 rings (SSSR count). The van der Waals surface area contributed by atoms with E-state index in [0.29, 0.717) is 11.9 Å². The van der Waals surface area contributed by atoms with Crippen LogP contribution in [0.5, 0.6) is 5.75 Å². The van der Waals surface area contributed by atoms with Crippen molar-refractivity contribution < 1.29 is 18.1 Å². The SMILES string of the molecule is CC.CS(=O)(=O)O.Cc1cc2cccc(C)c2c(O)c1N=Nc1ccccc1. The first-order valence-electron chi connectivity index (χ1n) is 8.78. The predicted octanol–water partition coefficient (Wildman–Crippen LogP) is 6.11. The van der Waals surface area contributed by atoms with Gasteiger partial charge in [-0.25, -0.2) is 0 Å². The summed E-state index contributed by atoms with van der Waals surface area (Å²) in [6, 6.07) is 17.5. The van der Waals surface area contributed by atoms with Gasteiger partial charge < -0.3 is 5.11 Å². The Kier molecular flexibility index (Phi) is 8.76. The Morgan fingerprint density at radius 2 is 1.43 bits per heavy atom. The number of aromatic hydroxyl groups is 1. The van der Waals surface area contributed by atoms with Gasteiger partial charge in [0, 0.05) is 5.39 Å². The molecule has 3 aromatic rings. The highest BCUT2D eigenvalue weighted by Gasteiger charge is 2.11. The highest BCUT2D eigenvalue weighted by atomic mass is 32.2. The predicted molar refractivity (Wildman–Crippen MR) is 115 cm³/mol. The third-order valence-corrected chi connectivity index (χ3v) is 3.53. The van der Waals surface area contributed by atoms with Crippen LogP contribution in [0, 0.1) is 13.8 Å². The van der Waals surface area contributed by atoms with Crippen molar-refractivity contribution in [2.75, 3.05) is 6.26 Å². The molecule has 3 aromatic carbocycles. The zero-order valence-corrected chi connectivity index (χ0v) is 17.5. The molecule has 0 heterocycles. The molecular weight excluding hydrogens is 376 g/mol. The van der Waals surface area contributed by atoms with Crippen molar-refractivity contribution in [3.05, 3.63) is 65.7 Å². The zero-order valence-electron chi connectivity index (χ0n) is 16.7. The summed E-state index contributed by atoms with van der Waals surface area (Å²) in [6.07, 6.45) is 0.715. The van der Waals surface area contributed by atoms with Gasteiger partial charge in [0.15, 0.2) is 5.75 Å². The minimum Gasteiger partial charge on any atom is -0.505 e. The molecular formula is C21H26N2O4S. The lowest BCUT2D eigenvalue weighted by molar-refractivity contribution is 0.482. The topological polar surface area (TPSA) is 99.3 Å². The normalized spacial score (nSPS) is 10.8. The molecule has 0 aromatic heterocycles. The number of phenolic OH excluding ortho intramolecular Hbond substituents is 1. The summed E-state index contributed by atoms with van der Waals surface area (Å²) < 4.78 is 25.9. The van der Waals surface area contributed by atoms with E-state index in [2.05, 4.69) is 10.2 Å². The van der Waals surface area contributed by atoms with Crippen LogP contribution in [0.2, 0.25) is 0 Å². The standard InChI is InChI=1S/C18H16N2O.C2H6.CH4O3S/c1-12-7-6-8-14-11-13(2)17(18(21)16(12)14)20-19-15-9-4-3-5-10-15;1-2;1-5(2,3)4/h3-11,21H,1-2H3;1-2H3;1H3,(H,2,3,4). The average Bonchev–Trinajstić information content (AvgIpc) is 2.62. The van der Waals surface area contributed by atoms with Gasteiger partial charge in [-0.05, 0) is 48.6 Å². The van der Waals surface area contributed by atoms with E-state index in [1.807, 2.05) is 82.3 Å². The summed E-state index contributed by atoms with van der Waals surface area (Å²) in [7, 11) is -3.67. The number of rotatable bonds is 2. The number of benzene rings is 3. The van der Waals surface area contributed by atoms with Crippen LogP contribution in [-0.4, -0.2) is 24.3 Å². The lowest BCUT2D eigenvalue weighted by Gasteiger charge is -2.09. The summed E-state index contributed by atoms with van der Waals surface area (Å²) >= 11 is 0. The van der Waals surface area contributed by atoms with Gasteiger partial charge >= 0.3 is 0 Å². The molecule has 0 amide bonds. The molecule has 0 fully saturated rings. The number of phenols is 1. The van der Waals surface area contributed by atoms with Crippen LogP contribution < -0.4 is 0 Å². The Balaban J connectivity index is 0.000000490. The van der Waals surface area contributed by atoms with Crippen molar-refractivity contribution in [1.82, 2.24) is 0 Å². The first-order valence-corrected chi connectivity index (χ1v) is 10.6. The Morgan fingerprint density at radius 3 is 2.00 bits per heavy atom. The Bertz CT molecular complexity index is 1040. The summed E-state index contributed by atoms with van der Waals surface area (Å²) in [5.74, 6) is 0.197. The fourth-order valence-electron chi connectivity index (χ4n) is 2.47. The second kappa shape index (κ2) is 10.5. The van der Waals surface area contributed by atoms with Crippen molar-refractivity contribution in [2.24, 2.45) is 10.2 Å². The molecule has 0 aliphatic carbocycles. The molecule has 7 heteroatoms. The van der Waals surface area contributed by atoms with Crippen molar-refractivity contribution >= 4 is 32.3 Å². The van der Waals surface area contributed by atoms with Gasteiger partial charge in [0.25, 0.3) is 10.1 Å². The van der Waals surface area contributed by atoms with Crippen molar-refractivity contribution in [3.8, 4) is 5.75 Å². The molecule has 0 bridgehead atoms. The molecule has 0 spiro atoms. The fourth-order valence-corrected chi connectivity index (χ4v) is 2.47. The average molecular weight is 403 g/mol. The number of hydrogen-bond acceptors (Lipinski definition) is 5. The summed E-state index contributed by atoms with van der Waals surface area (Å²) in [6.45, 7) is 7.91. The zero-order chi connectivity index (χ0) is 21.3. The number of aryl methyl sites for hydroxylation is 2. The van der Waals surface area contributed by atoms with Crippen LogP contribution in [0.25, 0.3) is 10.8 Å². The number of azo groups is 1. The van der Waals surface area contributed by atoms with E-state index in [0.717, 1.165) is 27.6 Å². The van der Waals surface area contributed by atoms with E-state index in [9.17, 15) is 13.5 Å². The minimum atomic E-state index is -3.67. The second-order valence-electron chi connectivity index (χ2n) is 5.83. The molecule has 0 unspecified atom stereocenters. The maximum Gasteiger partial charge on any atom is 0.261 e. The maximum absolute atomic E-state index is 10.5. The lowest BCUT2D eigenvalue weighted by atomic mass is 10.0. The Labute approximate surface area is 166 Å². The van der Waals surface area contributed by atoms with E-state index in [-0.39, 0.29) is 5.75 Å². The molecule has 0 aliphatic rings. The fraction of sp³-hybridized carbons (Fsp3) is 0.238. The molecule has 0 radical (unpaired) electrons. The van der Waals surface area contributed by atoms with E-state index in [1.54, 1.807) is 0 Å². The highest BCUT2D eigenvalue weighted by molar-refractivity contribution is 7.85. The quantitative estimate of drug-likeness (QED) is 0.399. The largest absolute Gasteiger partial charge is 0.505 e. The molecule has 0 atom stereocenters. The van der Waals surface area contributed by atoms with E-state index < -0.39 is 10.1 Å². The third-order valence-electron chi connectivity index (χ3n) is 3.53. The molecule has 150 valence electrons. The van der Waals surface area contributed by atoms with Gasteiger partial charge in [-0.3, -0.25) is 4.55 Å². The first kappa shape index (κ1) is 23.3. The minimum absolute atomic E-state index is 0.197. The molecule has 6 nitrogen and oxygen atoms in total. The molecule has 0 aliphatic heterocycles. The second-order valence-corrected chi connectivity index (χ2v) is 7.30. The van der Waals surface area contributed by atoms with E-state index >= 15 is 0 Å². The summed E-state index contributed by atoms with van der Waals surface area (Å²) in [5, 5.41) is 20.8. The number of nitrogens with zero attached hydrogens (tertiary/aromatic N) is 2. The maximum atomic E-state index is 10.5. The van der Waals surface area contributed by atoms with Gasteiger partial charge in [-0.2, -0.15) is 13.5 Å². The van der Waals surface area contributed by atoms with Crippen LogP contribution >= 0.6 is 0 Å². The lowest BCUT2D eigenvalue weighted by Crippen LogP contribution is -1.88. The monoisotopic (exact) mass is 402 g/mol. The van der Waals surface area contributed by atoms with Gasteiger partial charge in [-0.15, -0.1) is 5.11 Å². The number of fused-ring (bicyclic) bond motifs is 1. The highest BCUT2D eigenvalue weighted by Crippen LogP contribution is 2.40. The molecule has 28 heavy (non-hydrogen) atoms. The van der Waals surface area contributed by atoms with Gasteiger partial charge in [-0.1, -0.05) is 50.2 Å². The Hall–Kier alpha value is -2.77. The van der Waals surface area contributed by atoms with Crippen molar-refractivity contribution in [1.29, 1.82) is 0 Å². The van der Waals surface area contributed by atoms with Crippen molar-refractivity contribution in [2.45, 2.75) is 27.7 Å². The smallest absolute Gasteiger partial charge is 0.261 e. The molecule has 0 saturated carbocycles. The first-order chi connectivity index (χ1) is 13.2. The third kappa shape index (κ3) is 7.09. The van der Waals surface area contributed by atoms with Crippen LogP contribution in [-0.2, 0) is 10.1 Å². The number of hydrogen-bond donors (Lipinski definition) is 2. The molecule has 2 N–H and O–H groups in total. The molecule has 0 saturated heterocycles. The Morgan fingerprint density at radius 1 is 0.857 bits per heavy atom. The van der Waals surface area contributed by atoms with Crippen LogP contribution in [0.4, 0.5) is 11.4 Å². The van der Waals surface area contributed by atoms with E-state index in [1.165, 1.54) is 0 Å².